The number of ether oxygens (including phenoxy) is 2. The molecule has 8 nitrogen and oxygen atoms in total. The number of rotatable bonds is 7. The van der Waals surface area contributed by atoms with Gasteiger partial charge in [0, 0.05) is 24.0 Å². The zero-order valence-corrected chi connectivity index (χ0v) is 17.2. The van der Waals surface area contributed by atoms with Crippen LogP contribution in [0.5, 0.6) is 11.5 Å². The van der Waals surface area contributed by atoms with E-state index in [1.54, 1.807) is 20.1 Å². The molecule has 0 aliphatic carbocycles. The molecule has 0 spiro atoms. The molecular formula is C22H24F3N5O3. The first kappa shape index (κ1) is 25.2. The van der Waals surface area contributed by atoms with Crippen LogP contribution in [0.15, 0.2) is 54.6 Å². The summed E-state index contributed by atoms with van der Waals surface area (Å²) in [6.45, 7) is 2.25. The van der Waals surface area contributed by atoms with Crippen molar-refractivity contribution in [1.29, 1.82) is 0 Å². The minimum absolute atomic E-state index is 0. The molecule has 3 aromatic rings. The lowest BCUT2D eigenvalue weighted by atomic mass is 10.2. The van der Waals surface area contributed by atoms with E-state index in [9.17, 15) is 18.0 Å². The van der Waals surface area contributed by atoms with Crippen LogP contribution in [0, 0.1) is 6.92 Å². The topological polar surface area (TPSA) is 97.4 Å². The minimum atomic E-state index is -4.78. The van der Waals surface area contributed by atoms with Gasteiger partial charge in [-0.2, -0.15) is 4.98 Å². The predicted octanol–water partition coefficient (Wildman–Crippen LogP) is 5.58. The van der Waals surface area contributed by atoms with Crippen molar-refractivity contribution in [2.24, 2.45) is 0 Å². The Morgan fingerprint density at radius 1 is 0.970 bits per heavy atom. The molecule has 0 bridgehead atoms. The number of halogens is 3. The molecule has 176 valence electrons. The van der Waals surface area contributed by atoms with E-state index in [-0.39, 0.29) is 19.1 Å². The van der Waals surface area contributed by atoms with Crippen LogP contribution in [0.4, 0.5) is 35.4 Å². The number of nitrogens with one attached hydrogen (secondary N) is 3. The number of hydrogen-bond acceptors (Lipinski definition) is 6. The van der Waals surface area contributed by atoms with Crippen LogP contribution in [0.25, 0.3) is 0 Å². The Labute approximate surface area is 189 Å². The first-order valence-corrected chi connectivity index (χ1v) is 9.36. The maximum Gasteiger partial charge on any atom is 0.573 e. The van der Waals surface area contributed by atoms with Crippen molar-refractivity contribution in [3.05, 3.63) is 65.9 Å². The number of nitrogens with zero attached hydrogens (tertiary/aromatic N) is 2. The van der Waals surface area contributed by atoms with Crippen LogP contribution in [-0.2, 0) is 6.54 Å². The summed E-state index contributed by atoms with van der Waals surface area (Å²) in [5.41, 5.74) is 1.90. The molecule has 1 aromatic heterocycles. The summed E-state index contributed by atoms with van der Waals surface area (Å²) in [4.78, 5) is 20.6. The maximum absolute atomic E-state index is 12.2. The Morgan fingerprint density at radius 3 is 2.21 bits per heavy atom. The molecule has 0 atom stereocenters. The van der Waals surface area contributed by atoms with Crippen LogP contribution >= 0.6 is 0 Å². The van der Waals surface area contributed by atoms with Gasteiger partial charge >= 0.3 is 12.4 Å². The third-order valence-corrected chi connectivity index (χ3v) is 4.06. The maximum atomic E-state index is 12.2. The lowest BCUT2D eigenvalue weighted by molar-refractivity contribution is -0.274. The van der Waals surface area contributed by atoms with E-state index in [0.717, 1.165) is 23.4 Å². The van der Waals surface area contributed by atoms with E-state index in [0.29, 0.717) is 18.1 Å². The van der Waals surface area contributed by atoms with Crippen LogP contribution in [0.1, 0.15) is 18.7 Å². The number of alkyl halides is 3. The van der Waals surface area contributed by atoms with Gasteiger partial charge in [0.2, 0.25) is 5.95 Å². The average molecular weight is 463 g/mol. The number of amides is 2. The van der Waals surface area contributed by atoms with Gasteiger partial charge in [0.15, 0.2) is 0 Å². The second-order valence-corrected chi connectivity index (χ2v) is 6.57. The number of carbonyl (C=O) groups excluding carboxylic acids is 1. The Hall–Kier alpha value is -4.02. The van der Waals surface area contributed by atoms with E-state index in [2.05, 4.69) is 30.7 Å². The smallest absolute Gasteiger partial charge is 0.497 e. The fraction of sp³-hybridized carbons (Fsp3) is 0.227. The highest BCUT2D eigenvalue weighted by Gasteiger charge is 2.30. The minimum Gasteiger partial charge on any atom is -0.497 e. The number of benzene rings is 2. The first-order chi connectivity index (χ1) is 15.2. The Kier molecular flexibility index (Phi) is 8.43. The third-order valence-electron chi connectivity index (χ3n) is 4.06. The van der Waals surface area contributed by atoms with E-state index in [1.807, 2.05) is 24.3 Å². The van der Waals surface area contributed by atoms with Gasteiger partial charge in [-0.3, -0.25) is 5.32 Å². The Balaban J connectivity index is 0.00000385. The second kappa shape index (κ2) is 11.0. The summed E-state index contributed by atoms with van der Waals surface area (Å²) in [5, 5.41) is 8.14. The molecule has 3 N–H and O–H groups in total. The molecule has 0 fully saturated rings. The van der Waals surface area contributed by atoms with Crippen molar-refractivity contribution in [1.82, 2.24) is 9.97 Å². The van der Waals surface area contributed by atoms with Crippen molar-refractivity contribution in [2.45, 2.75) is 27.3 Å². The highest BCUT2D eigenvalue weighted by Crippen LogP contribution is 2.24. The molecule has 0 radical (unpaired) electrons. The number of anilines is 3. The van der Waals surface area contributed by atoms with E-state index in [4.69, 9.17) is 4.74 Å². The average Bonchev–Trinajstić information content (AvgIpc) is 2.72. The van der Waals surface area contributed by atoms with Crippen LogP contribution < -0.4 is 25.4 Å². The first-order valence-electron chi connectivity index (χ1n) is 9.36. The van der Waals surface area contributed by atoms with Crippen molar-refractivity contribution in [3.63, 3.8) is 0 Å². The lowest BCUT2D eigenvalue weighted by Gasteiger charge is -2.11. The highest BCUT2D eigenvalue weighted by molar-refractivity contribution is 5.98. The molecule has 0 unspecified atom stereocenters. The van der Waals surface area contributed by atoms with Gasteiger partial charge in [-0.25, -0.2) is 9.78 Å². The quantitative estimate of drug-likeness (QED) is 0.423. The molecule has 33 heavy (non-hydrogen) atoms. The second-order valence-electron chi connectivity index (χ2n) is 6.57. The number of carbonyl (C=O) groups is 1. The molecule has 2 amide bonds. The third kappa shape index (κ3) is 8.20. The number of methoxy groups -OCH3 is 1. The number of hydrogen-bond donors (Lipinski definition) is 3. The summed E-state index contributed by atoms with van der Waals surface area (Å²) >= 11 is 0. The molecule has 3 rings (SSSR count). The number of aromatic nitrogens is 2. The van der Waals surface area contributed by atoms with Crippen molar-refractivity contribution >= 4 is 23.5 Å². The molecular weight excluding hydrogens is 439 g/mol. The number of urea groups is 1. The van der Waals surface area contributed by atoms with Crippen LogP contribution in [0.2, 0.25) is 0 Å². The molecule has 0 saturated carbocycles. The zero-order chi connectivity index (χ0) is 23.1. The fourth-order valence-corrected chi connectivity index (χ4v) is 2.65. The Bertz CT molecular complexity index is 1060. The summed E-state index contributed by atoms with van der Waals surface area (Å²) in [6.07, 6.45) is -4.78. The SMILES string of the molecule is C.COc1ccc(CNc2cc(C)nc(NC(=O)Nc3ccc(OC(F)(F)F)cc3)n2)cc1. The van der Waals surface area contributed by atoms with E-state index in [1.165, 1.54) is 12.1 Å². The van der Waals surface area contributed by atoms with Crippen LogP contribution in [-0.4, -0.2) is 29.5 Å². The Morgan fingerprint density at radius 2 is 1.61 bits per heavy atom. The van der Waals surface area contributed by atoms with E-state index >= 15 is 0 Å². The lowest BCUT2D eigenvalue weighted by Crippen LogP contribution is -2.21. The molecule has 0 saturated heterocycles. The van der Waals surface area contributed by atoms with Gasteiger partial charge in [-0.1, -0.05) is 19.6 Å². The number of aryl methyl sites for hydroxylation is 1. The summed E-state index contributed by atoms with van der Waals surface area (Å²) in [5.74, 6) is 0.943. The molecule has 0 aliphatic heterocycles. The van der Waals surface area contributed by atoms with Gasteiger partial charge < -0.3 is 20.1 Å². The van der Waals surface area contributed by atoms with Crippen LogP contribution in [0.3, 0.4) is 0 Å². The van der Waals surface area contributed by atoms with Gasteiger partial charge in [0.1, 0.15) is 17.3 Å². The standard InChI is InChI=1S/C21H20F3N5O3.CH4/c1-13-11-18(25-12-14-3-7-16(31-2)8-4-14)28-19(26-13)29-20(30)27-15-5-9-17(10-6-15)32-21(22,23)24;/h3-11H,12H2,1-2H3,(H3,25,26,27,28,29,30);1H4. The van der Waals surface area contributed by atoms with Gasteiger partial charge in [0.05, 0.1) is 7.11 Å². The molecule has 2 aromatic carbocycles. The van der Waals surface area contributed by atoms with Gasteiger partial charge in [-0.15, -0.1) is 13.2 Å². The highest BCUT2D eigenvalue weighted by atomic mass is 19.4. The fourth-order valence-electron chi connectivity index (χ4n) is 2.65. The summed E-state index contributed by atoms with van der Waals surface area (Å²) < 4.78 is 45.6. The summed E-state index contributed by atoms with van der Waals surface area (Å²) in [6, 6.07) is 13.3. The van der Waals surface area contributed by atoms with Gasteiger partial charge in [-0.05, 0) is 48.9 Å². The monoisotopic (exact) mass is 463 g/mol. The molecule has 0 aliphatic rings. The zero-order valence-electron chi connectivity index (χ0n) is 17.2. The largest absolute Gasteiger partial charge is 0.573 e. The van der Waals surface area contributed by atoms with Gasteiger partial charge in [0.25, 0.3) is 0 Å². The molecule has 1 heterocycles. The molecule has 11 heteroatoms. The predicted molar refractivity (Wildman–Crippen MR) is 120 cm³/mol. The van der Waals surface area contributed by atoms with Crippen molar-refractivity contribution < 1.29 is 27.4 Å². The normalized spacial score (nSPS) is 10.6. The van der Waals surface area contributed by atoms with E-state index < -0.39 is 18.1 Å². The summed E-state index contributed by atoms with van der Waals surface area (Å²) in [7, 11) is 1.60. The van der Waals surface area contributed by atoms with Crippen molar-refractivity contribution in [2.75, 3.05) is 23.1 Å². The van der Waals surface area contributed by atoms with Crippen molar-refractivity contribution in [3.8, 4) is 11.5 Å².